The first-order chi connectivity index (χ1) is 6.67. The van der Waals surface area contributed by atoms with Gasteiger partial charge in [-0.2, -0.15) is 13.2 Å². The molecule has 0 aromatic carbocycles. The average Bonchev–Trinajstić information content (AvgIpc) is 2.00. The molecule has 92 valence electrons. The molecule has 1 unspecified atom stereocenters. The molecule has 1 atom stereocenters. The highest BCUT2D eigenvalue weighted by molar-refractivity contribution is 4.80. The first-order valence-corrected chi connectivity index (χ1v) is 5.46. The topological polar surface area (TPSA) is 20.2 Å². The maximum absolute atomic E-state index is 12.2. The molecule has 0 aliphatic heterocycles. The molecule has 0 bridgehead atoms. The van der Waals surface area contributed by atoms with Crippen LogP contribution in [0.1, 0.15) is 52.9 Å². The number of unbranched alkanes of at least 4 members (excludes halogenated alkanes) is 2. The van der Waals surface area contributed by atoms with E-state index in [0.717, 1.165) is 26.2 Å². The van der Waals surface area contributed by atoms with E-state index in [9.17, 15) is 13.2 Å². The number of halogens is 3. The van der Waals surface area contributed by atoms with Crippen LogP contribution in [-0.4, -0.2) is 16.9 Å². The van der Waals surface area contributed by atoms with Gasteiger partial charge in [-0.1, -0.05) is 39.5 Å². The van der Waals surface area contributed by atoms with Crippen molar-refractivity contribution in [2.24, 2.45) is 5.92 Å². The molecule has 4 heteroatoms. The van der Waals surface area contributed by atoms with Crippen molar-refractivity contribution in [2.45, 2.75) is 64.7 Å². The Labute approximate surface area is 89.7 Å². The summed E-state index contributed by atoms with van der Waals surface area (Å²) in [6, 6.07) is 0. The van der Waals surface area contributed by atoms with E-state index < -0.39 is 11.8 Å². The van der Waals surface area contributed by atoms with Gasteiger partial charge in [-0.25, -0.2) is 0 Å². The maximum atomic E-state index is 12.2. The van der Waals surface area contributed by atoms with Gasteiger partial charge < -0.3 is 5.11 Å². The molecule has 0 radical (unpaired) electrons. The minimum Gasteiger partial charge on any atom is -0.381 e. The van der Waals surface area contributed by atoms with Gasteiger partial charge in [-0.3, -0.25) is 0 Å². The molecule has 0 fully saturated rings. The Morgan fingerprint density at radius 2 is 1.60 bits per heavy atom. The lowest BCUT2D eigenvalue weighted by Crippen LogP contribution is -2.41. The quantitative estimate of drug-likeness (QED) is 0.681. The van der Waals surface area contributed by atoms with Crippen molar-refractivity contribution < 1.29 is 18.3 Å². The van der Waals surface area contributed by atoms with Gasteiger partial charge in [-0.15, -0.1) is 0 Å². The van der Waals surface area contributed by atoms with E-state index >= 15 is 0 Å². The van der Waals surface area contributed by atoms with Crippen LogP contribution >= 0.6 is 0 Å². The fourth-order valence-corrected chi connectivity index (χ4v) is 1.34. The van der Waals surface area contributed by atoms with Gasteiger partial charge in [0.25, 0.3) is 0 Å². The molecule has 0 saturated heterocycles. The zero-order valence-electron chi connectivity index (χ0n) is 9.69. The molecule has 15 heavy (non-hydrogen) atoms. The van der Waals surface area contributed by atoms with Gasteiger partial charge in [-0.05, 0) is 19.3 Å². The van der Waals surface area contributed by atoms with Crippen LogP contribution < -0.4 is 0 Å². The maximum Gasteiger partial charge on any atom is 0.416 e. The fraction of sp³-hybridized carbons (Fsp3) is 1.00. The van der Waals surface area contributed by atoms with Gasteiger partial charge in [0.1, 0.15) is 0 Å². The van der Waals surface area contributed by atoms with Gasteiger partial charge >= 0.3 is 6.18 Å². The van der Waals surface area contributed by atoms with Crippen LogP contribution in [0, 0.1) is 5.92 Å². The summed E-state index contributed by atoms with van der Waals surface area (Å²) in [6.45, 7) is 5.02. The predicted octanol–water partition coefficient (Wildman–Crippen LogP) is 3.91. The molecular weight excluding hydrogens is 205 g/mol. The SMILES string of the molecule is CC(C)CCCCCC(C)(O)C(F)(F)F. The number of hydrogen-bond acceptors (Lipinski definition) is 1. The van der Waals surface area contributed by atoms with Crippen molar-refractivity contribution in [3.63, 3.8) is 0 Å². The smallest absolute Gasteiger partial charge is 0.381 e. The van der Waals surface area contributed by atoms with Crippen molar-refractivity contribution in [3.8, 4) is 0 Å². The normalized spacial score (nSPS) is 16.8. The molecule has 0 saturated carbocycles. The van der Waals surface area contributed by atoms with E-state index in [1.807, 2.05) is 0 Å². The van der Waals surface area contributed by atoms with Crippen molar-refractivity contribution in [2.75, 3.05) is 0 Å². The first kappa shape index (κ1) is 14.8. The molecule has 0 heterocycles. The molecule has 0 aliphatic rings. The van der Waals surface area contributed by atoms with Crippen LogP contribution in [0.4, 0.5) is 13.2 Å². The van der Waals surface area contributed by atoms with Crippen LogP contribution in [0.15, 0.2) is 0 Å². The third kappa shape index (κ3) is 6.03. The van der Waals surface area contributed by atoms with Crippen LogP contribution in [0.2, 0.25) is 0 Å². The summed E-state index contributed by atoms with van der Waals surface area (Å²) in [4.78, 5) is 0. The lowest BCUT2D eigenvalue weighted by molar-refractivity contribution is -0.255. The molecule has 0 amide bonds. The standard InChI is InChI=1S/C11H21F3O/c1-9(2)7-5-4-6-8-10(3,15)11(12,13)14/h9,15H,4-8H2,1-3H3. The second-order valence-corrected chi connectivity index (χ2v) is 4.76. The highest BCUT2D eigenvalue weighted by atomic mass is 19.4. The van der Waals surface area contributed by atoms with Crippen molar-refractivity contribution >= 4 is 0 Å². The Hall–Kier alpha value is -0.250. The lowest BCUT2D eigenvalue weighted by atomic mass is 9.96. The molecule has 1 nitrogen and oxygen atoms in total. The summed E-state index contributed by atoms with van der Waals surface area (Å²) < 4.78 is 36.7. The fourth-order valence-electron chi connectivity index (χ4n) is 1.34. The summed E-state index contributed by atoms with van der Waals surface area (Å²) in [5.74, 6) is 0.591. The monoisotopic (exact) mass is 226 g/mol. The van der Waals surface area contributed by atoms with Crippen LogP contribution in [0.5, 0.6) is 0 Å². The van der Waals surface area contributed by atoms with E-state index in [2.05, 4.69) is 13.8 Å². The zero-order chi connectivity index (χ0) is 12.1. The number of alkyl halides is 3. The molecule has 0 rings (SSSR count). The second-order valence-electron chi connectivity index (χ2n) is 4.76. The third-order valence-corrected chi connectivity index (χ3v) is 2.56. The molecule has 0 aliphatic carbocycles. The van der Waals surface area contributed by atoms with Gasteiger partial charge in [0.2, 0.25) is 0 Å². The molecule has 0 spiro atoms. The molecule has 1 N–H and O–H groups in total. The summed E-state index contributed by atoms with van der Waals surface area (Å²) in [7, 11) is 0. The Kier molecular flexibility index (Phi) is 5.63. The van der Waals surface area contributed by atoms with Gasteiger partial charge in [0, 0.05) is 0 Å². The zero-order valence-corrected chi connectivity index (χ0v) is 9.69. The van der Waals surface area contributed by atoms with E-state index in [4.69, 9.17) is 5.11 Å². The largest absolute Gasteiger partial charge is 0.416 e. The Balaban J connectivity index is 3.68. The average molecular weight is 226 g/mol. The minimum absolute atomic E-state index is 0.200. The first-order valence-electron chi connectivity index (χ1n) is 5.46. The highest BCUT2D eigenvalue weighted by Gasteiger charge is 2.48. The van der Waals surface area contributed by atoms with Crippen LogP contribution in [0.25, 0.3) is 0 Å². The Morgan fingerprint density at radius 3 is 2.00 bits per heavy atom. The molecule has 0 aromatic heterocycles. The van der Waals surface area contributed by atoms with Crippen molar-refractivity contribution in [1.82, 2.24) is 0 Å². The van der Waals surface area contributed by atoms with E-state index in [1.165, 1.54) is 0 Å². The lowest BCUT2D eigenvalue weighted by Gasteiger charge is -2.26. The van der Waals surface area contributed by atoms with Gasteiger partial charge in [0.15, 0.2) is 5.60 Å². The number of hydrogen-bond donors (Lipinski definition) is 1. The summed E-state index contributed by atoms with van der Waals surface area (Å²) in [5.41, 5.74) is -2.52. The van der Waals surface area contributed by atoms with Crippen molar-refractivity contribution in [3.05, 3.63) is 0 Å². The minimum atomic E-state index is -4.51. The van der Waals surface area contributed by atoms with E-state index in [0.29, 0.717) is 12.3 Å². The Bertz CT molecular complexity index is 173. The van der Waals surface area contributed by atoms with Crippen molar-refractivity contribution in [1.29, 1.82) is 0 Å². The number of rotatable bonds is 6. The summed E-state index contributed by atoms with van der Waals surface area (Å²) >= 11 is 0. The van der Waals surface area contributed by atoms with Gasteiger partial charge in [0.05, 0.1) is 0 Å². The van der Waals surface area contributed by atoms with Crippen LogP contribution in [0.3, 0.4) is 0 Å². The Morgan fingerprint density at radius 1 is 1.07 bits per heavy atom. The van der Waals surface area contributed by atoms with Crippen LogP contribution in [-0.2, 0) is 0 Å². The van der Waals surface area contributed by atoms with E-state index in [-0.39, 0.29) is 6.42 Å². The summed E-state index contributed by atoms with van der Waals surface area (Å²) in [6.07, 6.45) is -1.55. The molecule has 0 aromatic rings. The second kappa shape index (κ2) is 5.73. The highest BCUT2D eigenvalue weighted by Crippen LogP contribution is 2.34. The van der Waals surface area contributed by atoms with E-state index in [1.54, 1.807) is 0 Å². The summed E-state index contributed by atoms with van der Waals surface area (Å²) in [5, 5.41) is 9.13. The number of aliphatic hydroxyl groups is 1. The predicted molar refractivity (Wildman–Crippen MR) is 54.6 cm³/mol. The third-order valence-electron chi connectivity index (χ3n) is 2.56. The molecular formula is C11H21F3O.